The number of furan rings is 1. The van der Waals surface area contributed by atoms with Crippen molar-refractivity contribution >= 4 is 50.5 Å². The summed E-state index contributed by atoms with van der Waals surface area (Å²) in [6.07, 6.45) is 3.28. The van der Waals surface area contributed by atoms with Gasteiger partial charge in [0.2, 0.25) is 0 Å². The lowest BCUT2D eigenvalue weighted by Gasteiger charge is -2.04. The van der Waals surface area contributed by atoms with Crippen molar-refractivity contribution in [2.24, 2.45) is 4.99 Å². The van der Waals surface area contributed by atoms with Crippen molar-refractivity contribution in [2.75, 3.05) is 0 Å². The van der Waals surface area contributed by atoms with Crippen LogP contribution in [0.2, 0.25) is 0 Å². The fourth-order valence-electron chi connectivity index (χ4n) is 2.09. The van der Waals surface area contributed by atoms with Crippen molar-refractivity contribution in [1.82, 2.24) is 5.32 Å². The first kappa shape index (κ1) is 15.1. The number of nitrogens with one attached hydrogen (secondary N) is 1. The lowest BCUT2D eigenvalue weighted by atomic mass is 10.1. The van der Waals surface area contributed by atoms with Crippen LogP contribution in [0.1, 0.15) is 16.9 Å². The molecule has 0 unspecified atom stereocenters. The normalized spacial score (nSPS) is 18.2. The van der Waals surface area contributed by atoms with Crippen molar-refractivity contribution < 1.29 is 9.21 Å². The summed E-state index contributed by atoms with van der Waals surface area (Å²) in [6, 6.07) is 7.54. The second-order valence-electron chi connectivity index (χ2n) is 4.89. The molecule has 1 fully saturated rings. The van der Waals surface area contributed by atoms with Crippen LogP contribution in [0.4, 0.5) is 5.69 Å². The van der Waals surface area contributed by atoms with Crippen LogP contribution in [0, 0.1) is 13.8 Å². The number of amidine groups is 1. The first-order valence-electron chi connectivity index (χ1n) is 6.63. The SMILES string of the molecule is Cc1cc(N=C2NC(=O)/C(=C/c3ccco3)S2)cc(C)c1Br. The second kappa shape index (κ2) is 6.14. The molecule has 1 aromatic carbocycles. The summed E-state index contributed by atoms with van der Waals surface area (Å²) in [5, 5.41) is 3.34. The van der Waals surface area contributed by atoms with E-state index in [1.165, 1.54) is 11.8 Å². The maximum atomic E-state index is 12.0. The summed E-state index contributed by atoms with van der Waals surface area (Å²) in [7, 11) is 0. The molecule has 1 N–H and O–H groups in total. The molecule has 1 amide bonds. The van der Waals surface area contributed by atoms with Crippen LogP contribution >= 0.6 is 27.7 Å². The smallest absolute Gasteiger partial charge is 0.264 e. The minimum atomic E-state index is -0.161. The molecule has 3 rings (SSSR count). The third-order valence-electron chi connectivity index (χ3n) is 3.12. The molecule has 6 heteroatoms. The molecular formula is C16H13BrN2O2S. The van der Waals surface area contributed by atoms with Crippen LogP contribution in [0.3, 0.4) is 0 Å². The van der Waals surface area contributed by atoms with Crippen LogP contribution in [0.5, 0.6) is 0 Å². The number of benzene rings is 1. The van der Waals surface area contributed by atoms with Gasteiger partial charge in [-0.1, -0.05) is 15.9 Å². The van der Waals surface area contributed by atoms with E-state index in [4.69, 9.17) is 4.42 Å². The number of thioether (sulfide) groups is 1. The van der Waals surface area contributed by atoms with Gasteiger partial charge in [-0.2, -0.15) is 0 Å². The number of hydrogen-bond acceptors (Lipinski definition) is 4. The van der Waals surface area contributed by atoms with Crippen molar-refractivity contribution in [2.45, 2.75) is 13.8 Å². The van der Waals surface area contributed by atoms with E-state index in [0.717, 1.165) is 21.3 Å². The van der Waals surface area contributed by atoms with E-state index >= 15 is 0 Å². The van der Waals surface area contributed by atoms with Crippen LogP contribution < -0.4 is 5.32 Å². The van der Waals surface area contributed by atoms with Gasteiger partial charge in [0.25, 0.3) is 5.91 Å². The van der Waals surface area contributed by atoms with Gasteiger partial charge in [-0.15, -0.1) is 0 Å². The molecule has 4 nitrogen and oxygen atoms in total. The number of nitrogens with zero attached hydrogens (tertiary/aromatic N) is 1. The molecule has 0 saturated carbocycles. The molecular weight excluding hydrogens is 364 g/mol. The molecule has 2 aromatic rings. The van der Waals surface area contributed by atoms with Crippen LogP contribution in [0.15, 0.2) is 49.3 Å². The molecule has 22 heavy (non-hydrogen) atoms. The monoisotopic (exact) mass is 376 g/mol. The van der Waals surface area contributed by atoms with Crippen LogP contribution in [-0.2, 0) is 4.79 Å². The molecule has 1 aromatic heterocycles. The van der Waals surface area contributed by atoms with E-state index in [2.05, 4.69) is 26.2 Å². The molecule has 0 atom stereocenters. The summed E-state index contributed by atoms with van der Waals surface area (Å²) < 4.78 is 6.31. The second-order valence-corrected chi connectivity index (χ2v) is 6.71. The third kappa shape index (κ3) is 3.18. The van der Waals surface area contributed by atoms with E-state index in [9.17, 15) is 4.79 Å². The molecule has 2 heterocycles. The van der Waals surface area contributed by atoms with Crippen molar-refractivity contribution in [3.8, 4) is 0 Å². The highest BCUT2D eigenvalue weighted by Gasteiger charge is 2.24. The number of halogens is 1. The Hall–Kier alpha value is -1.79. The van der Waals surface area contributed by atoms with E-state index < -0.39 is 0 Å². The fraction of sp³-hybridized carbons (Fsp3) is 0.125. The zero-order chi connectivity index (χ0) is 15.7. The molecule has 0 aliphatic carbocycles. The average Bonchev–Trinajstić information content (AvgIpc) is 3.07. The Morgan fingerprint density at radius 1 is 1.32 bits per heavy atom. The minimum absolute atomic E-state index is 0.161. The fourth-order valence-corrected chi connectivity index (χ4v) is 3.14. The topological polar surface area (TPSA) is 54.6 Å². The molecule has 0 bridgehead atoms. The quantitative estimate of drug-likeness (QED) is 0.782. The number of carbonyl (C=O) groups excluding carboxylic acids is 1. The van der Waals surface area contributed by atoms with Gasteiger partial charge in [-0.25, -0.2) is 4.99 Å². The van der Waals surface area contributed by atoms with E-state index in [0.29, 0.717) is 15.8 Å². The average molecular weight is 377 g/mol. The summed E-state index contributed by atoms with van der Waals surface area (Å²) in [6.45, 7) is 4.03. The highest BCUT2D eigenvalue weighted by molar-refractivity contribution is 9.10. The first-order valence-corrected chi connectivity index (χ1v) is 8.24. The largest absolute Gasteiger partial charge is 0.465 e. The summed E-state index contributed by atoms with van der Waals surface area (Å²) >= 11 is 4.84. The maximum absolute atomic E-state index is 12.0. The number of aryl methyl sites for hydroxylation is 2. The van der Waals surface area contributed by atoms with Gasteiger partial charge in [0, 0.05) is 10.5 Å². The number of rotatable bonds is 2. The molecule has 112 valence electrons. The Morgan fingerprint density at radius 2 is 2.05 bits per heavy atom. The highest BCUT2D eigenvalue weighted by Crippen LogP contribution is 2.30. The number of hydrogen-bond donors (Lipinski definition) is 1. The standard InChI is InChI=1S/C16H13BrN2O2S/c1-9-6-11(7-10(2)14(9)17)18-16-19-15(20)13(22-16)8-12-4-3-5-21-12/h3-8H,1-2H3,(H,18,19,20)/b13-8-. The predicted octanol–water partition coefficient (Wildman–Crippen LogP) is 4.55. The summed E-state index contributed by atoms with van der Waals surface area (Å²) in [4.78, 5) is 17.0. The van der Waals surface area contributed by atoms with Crippen molar-refractivity contribution in [3.63, 3.8) is 0 Å². The van der Waals surface area contributed by atoms with E-state index in [1.54, 1.807) is 24.5 Å². The van der Waals surface area contributed by atoms with Crippen molar-refractivity contribution in [1.29, 1.82) is 0 Å². The number of amides is 1. The number of aliphatic imine (C=N–C) groups is 1. The van der Waals surface area contributed by atoms with Crippen LogP contribution in [-0.4, -0.2) is 11.1 Å². The zero-order valence-corrected chi connectivity index (χ0v) is 14.4. The summed E-state index contributed by atoms with van der Waals surface area (Å²) in [5.74, 6) is 0.486. The van der Waals surface area contributed by atoms with E-state index in [1.807, 2.05) is 26.0 Å². The first-order chi connectivity index (χ1) is 10.5. The Kier molecular flexibility index (Phi) is 4.22. The van der Waals surface area contributed by atoms with Gasteiger partial charge >= 0.3 is 0 Å². The Labute approximate surface area is 140 Å². The molecule has 0 spiro atoms. The number of carbonyl (C=O) groups is 1. The Morgan fingerprint density at radius 3 is 2.68 bits per heavy atom. The minimum Gasteiger partial charge on any atom is -0.465 e. The lowest BCUT2D eigenvalue weighted by molar-refractivity contribution is -0.115. The Bertz CT molecular complexity index is 771. The molecule has 1 aliphatic rings. The van der Waals surface area contributed by atoms with Crippen LogP contribution in [0.25, 0.3) is 6.08 Å². The highest BCUT2D eigenvalue weighted by atomic mass is 79.9. The maximum Gasteiger partial charge on any atom is 0.264 e. The third-order valence-corrected chi connectivity index (χ3v) is 5.28. The van der Waals surface area contributed by atoms with Gasteiger partial charge < -0.3 is 9.73 Å². The van der Waals surface area contributed by atoms with Gasteiger partial charge in [0.05, 0.1) is 16.9 Å². The predicted molar refractivity (Wildman–Crippen MR) is 93.1 cm³/mol. The summed E-state index contributed by atoms with van der Waals surface area (Å²) in [5.41, 5.74) is 3.04. The van der Waals surface area contributed by atoms with Gasteiger partial charge in [-0.05, 0) is 61.0 Å². The lowest BCUT2D eigenvalue weighted by Crippen LogP contribution is -2.19. The zero-order valence-electron chi connectivity index (χ0n) is 12.0. The molecule has 1 aliphatic heterocycles. The Balaban J connectivity index is 1.87. The molecule has 0 radical (unpaired) electrons. The van der Waals surface area contributed by atoms with Gasteiger partial charge in [-0.3, -0.25) is 4.79 Å². The van der Waals surface area contributed by atoms with Crippen molar-refractivity contribution in [3.05, 3.63) is 56.8 Å². The van der Waals surface area contributed by atoms with Gasteiger partial charge in [0.15, 0.2) is 5.17 Å². The van der Waals surface area contributed by atoms with E-state index in [-0.39, 0.29) is 5.91 Å². The molecule has 1 saturated heterocycles. The van der Waals surface area contributed by atoms with Gasteiger partial charge in [0.1, 0.15) is 5.76 Å².